The summed E-state index contributed by atoms with van der Waals surface area (Å²) in [4.78, 5) is 16.4. The van der Waals surface area contributed by atoms with Crippen LogP contribution in [0.15, 0.2) is 59.4 Å². The van der Waals surface area contributed by atoms with E-state index in [2.05, 4.69) is 15.6 Å². The Bertz CT molecular complexity index is 1350. The number of halogens is 1. The van der Waals surface area contributed by atoms with Crippen molar-refractivity contribution >= 4 is 51.2 Å². The first kappa shape index (κ1) is 23.4. The molecular weight excluding hydrogens is 477 g/mol. The number of rotatable bonds is 7. The van der Waals surface area contributed by atoms with Gasteiger partial charge in [-0.1, -0.05) is 0 Å². The Balaban J connectivity index is 1.47. The first-order chi connectivity index (χ1) is 16.5. The minimum absolute atomic E-state index is 0.0141. The maximum atomic E-state index is 14.8. The van der Waals surface area contributed by atoms with E-state index >= 15 is 0 Å². The quantitative estimate of drug-likeness (QED) is 0.335. The third-order valence-electron chi connectivity index (χ3n) is 4.81. The number of fused-ring (bicyclic) bond motifs is 1. The van der Waals surface area contributed by atoms with E-state index in [1.165, 1.54) is 37.7 Å². The van der Waals surface area contributed by atoms with Crippen molar-refractivity contribution in [3.63, 3.8) is 0 Å². The van der Waals surface area contributed by atoms with Crippen molar-refractivity contribution in [2.45, 2.75) is 6.42 Å². The molecule has 0 radical (unpaired) electrons. The molecule has 0 saturated carbocycles. The highest BCUT2D eigenvalue weighted by molar-refractivity contribution is 7.80. The van der Waals surface area contributed by atoms with Crippen LogP contribution < -0.4 is 24.8 Å². The zero-order valence-electron chi connectivity index (χ0n) is 18.3. The Kier molecular flexibility index (Phi) is 7.19. The number of benzene rings is 2. The molecule has 0 aliphatic carbocycles. The lowest BCUT2D eigenvalue weighted by atomic mass is 10.2. The third kappa shape index (κ3) is 5.41. The first-order valence-corrected chi connectivity index (χ1v) is 11.4. The summed E-state index contributed by atoms with van der Waals surface area (Å²) in [7, 11) is 3.07. The van der Waals surface area contributed by atoms with Gasteiger partial charge in [0.15, 0.2) is 28.2 Å². The second-order valence-electron chi connectivity index (χ2n) is 7.09. The molecule has 4 aromatic rings. The van der Waals surface area contributed by atoms with Gasteiger partial charge in [0.05, 0.1) is 26.2 Å². The van der Waals surface area contributed by atoms with Gasteiger partial charge >= 0.3 is 0 Å². The van der Waals surface area contributed by atoms with Gasteiger partial charge < -0.3 is 24.8 Å². The highest BCUT2D eigenvalue weighted by Crippen LogP contribution is 2.37. The van der Waals surface area contributed by atoms with Gasteiger partial charge in [-0.05, 0) is 58.9 Å². The number of hydrogen-bond donors (Lipinski definition) is 2. The molecule has 7 nitrogen and oxygen atoms in total. The average molecular weight is 498 g/mol. The van der Waals surface area contributed by atoms with E-state index in [1.807, 2.05) is 16.8 Å². The van der Waals surface area contributed by atoms with Crippen LogP contribution in [0, 0.1) is 5.82 Å². The third-order valence-corrected chi connectivity index (χ3v) is 5.75. The molecule has 0 aliphatic rings. The SMILES string of the molecule is COc1cc2nccc(Oc3ccc(NC(=S)NC(=O)Cc4ccsc4)cc3F)c2cc1OC. The predicted octanol–water partition coefficient (Wildman–Crippen LogP) is 5.30. The summed E-state index contributed by atoms with van der Waals surface area (Å²) in [6, 6.07) is 11.3. The van der Waals surface area contributed by atoms with E-state index in [9.17, 15) is 9.18 Å². The standard InChI is InChI=1S/C24H20FN3O4S2/c1-30-21-11-16-18(12-22(21)31-2)26-7-5-19(16)32-20-4-3-15(10-17(20)25)27-24(33)28-23(29)9-14-6-8-34-13-14/h3-8,10-13H,9H2,1-2H3,(H2,27,28,29,33). The number of thiocarbonyl (C=S) groups is 1. The Morgan fingerprint density at radius 2 is 1.85 bits per heavy atom. The number of nitrogens with one attached hydrogen (secondary N) is 2. The smallest absolute Gasteiger partial charge is 0.230 e. The van der Waals surface area contributed by atoms with Crippen molar-refractivity contribution in [3.8, 4) is 23.0 Å². The number of aromatic nitrogens is 1. The van der Waals surface area contributed by atoms with E-state index in [4.69, 9.17) is 26.4 Å². The van der Waals surface area contributed by atoms with Crippen LogP contribution >= 0.6 is 23.6 Å². The Hall–Kier alpha value is -3.76. The zero-order valence-corrected chi connectivity index (χ0v) is 19.9. The summed E-state index contributed by atoms with van der Waals surface area (Å²) in [5, 5.41) is 9.89. The molecule has 0 fully saturated rings. The van der Waals surface area contributed by atoms with Crippen LogP contribution in [0.3, 0.4) is 0 Å². The van der Waals surface area contributed by atoms with Gasteiger partial charge in [0.1, 0.15) is 5.75 Å². The van der Waals surface area contributed by atoms with Crippen molar-refractivity contribution in [1.82, 2.24) is 10.3 Å². The van der Waals surface area contributed by atoms with Gasteiger partial charge in [0, 0.05) is 29.4 Å². The molecule has 34 heavy (non-hydrogen) atoms. The number of nitrogens with zero attached hydrogens (tertiary/aromatic N) is 1. The molecule has 2 N–H and O–H groups in total. The summed E-state index contributed by atoms with van der Waals surface area (Å²) < 4.78 is 31.3. The van der Waals surface area contributed by atoms with Gasteiger partial charge in [0.25, 0.3) is 0 Å². The van der Waals surface area contributed by atoms with E-state index < -0.39 is 5.82 Å². The van der Waals surface area contributed by atoms with Crippen LogP contribution in [-0.4, -0.2) is 30.2 Å². The first-order valence-electron chi connectivity index (χ1n) is 10.1. The van der Waals surface area contributed by atoms with Crippen LogP contribution in [0.5, 0.6) is 23.0 Å². The van der Waals surface area contributed by atoms with Crippen LogP contribution in [0.1, 0.15) is 5.56 Å². The highest BCUT2D eigenvalue weighted by atomic mass is 32.1. The molecule has 174 valence electrons. The number of amides is 1. The van der Waals surface area contributed by atoms with Crippen molar-refractivity contribution in [2.24, 2.45) is 0 Å². The number of thiophene rings is 1. The molecule has 0 aliphatic heterocycles. The summed E-state index contributed by atoms with van der Waals surface area (Å²) >= 11 is 6.68. The Morgan fingerprint density at radius 1 is 1.06 bits per heavy atom. The molecule has 0 saturated heterocycles. The number of carbonyl (C=O) groups is 1. The van der Waals surface area contributed by atoms with E-state index in [0.717, 1.165) is 5.56 Å². The number of hydrogen-bond acceptors (Lipinski definition) is 7. The second kappa shape index (κ2) is 10.4. The molecule has 4 rings (SSSR count). The summed E-state index contributed by atoms with van der Waals surface area (Å²) in [5.41, 5.74) is 1.88. The number of anilines is 1. The summed E-state index contributed by atoms with van der Waals surface area (Å²) in [6.45, 7) is 0. The van der Waals surface area contributed by atoms with Gasteiger partial charge in [-0.3, -0.25) is 9.78 Å². The Labute approximate surface area is 204 Å². The largest absolute Gasteiger partial charge is 0.493 e. The molecule has 0 atom stereocenters. The zero-order chi connectivity index (χ0) is 24.1. The molecule has 0 unspecified atom stereocenters. The van der Waals surface area contributed by atoms with Crippen LogP contribution in [0.2, 0.25) is 0 Å². The fourth-order valence-electron chi connectivity index (χ4n) is 3.23. The van der Waals surface area contributed by atoms with Gasteiger partial charge in [-0.2, -0.15) is 11.3 Å². The average Bonchev–Trinajstić information content (AvgIpc) is 3.32. The number of carbonyl (C=O) groups excluding carboxylic acids is 1. The van der Waals surface area contributed by atoms with Gasteiger partial charge in [0.2, 0.25) is 5.91 Å². The molecule has 0 bridgehead atoms. The fraction of sp³-hybridized carbons (Fsp3) is 0.125. The molecule has 1 amide bonds. The Morgan fingerprint density at radius 3 is 2.56 bits per heavy atom. The normalized spacial score (nSPS) is 10.6. The monoisotopic (exact) mass is 497 g/mol. The minimum atomic E-state index is -0.608. The topological polar surface area (TPSA) is 81.7 Å². The van der Waals surface area contributed by atoms with E-state index in [0.29, 0.717) is 33.8 Å². The molecule has 2 aromatic carbocycles. The van der Waals surface area contributed by atoms with Crippen LogP contribution in [0.4, 0.5) is 10.1 Å². The van der Waals surface area contributed by atoms with Crippen molar-refractivity contribution in [3.05, 3.63) is 70.8 Å². The van der Waals surface area contributed by atoms with Gasteiger partial charge in [-0.15, -0.1) is 0 Å². The van der Waals surface area contributed by atoms with Crippen LogP contribution in [-0.2, 0) is 11.2 Å². The highest BCUT2D eigenvalue weighted by Gasteiger charge is 2.14. The molecule has 0 spiro atoms. The second-order valence-corrected chi connectivity index (χ2v) is 8.28. The lowest BCUT2D eigenvalue weighted by molar-refractivity contribution is -0.119. The molecule has 2 heterocycles. The van der Waals surface area contributed by atoms with Crippen molar-refractivity contribution < 1.29 is 23.4 Å². The van der Waals surface area contributed by atoms with Gasteiger partial charge in [-0.25, -0.2) is 4.39 Å². The minimum Gasteiger partial charge on any atom is -0.493 e. The summed E-state index contributed by atoms with van der Waals surface area (Å²) in [6.07, 6.45) is 1.78. The number of pyridine rings is 1. The fourth-order valence-corrected chi connectivity index (χ4v) is 4.13. The number of methoxy groups -OCH3 is 2. The lowest BCUT2D eigenvalue weighted by Gasteiger charge is -2.14. The van der Waals surface area contributed by atoms with Crippen molar-refractivity contribution in [1.29, 1.82) is 0 Å². The maximum Gasteiger partial charge on any atom is 0.230 e. The lowest BCUT2D eigenvalue weighted by Crippen LogP contribution is -2.35. The molecule has 2 aromatic heterocycles. The van der Waals surface area contributed by atoms with E-state index in [-0.39, 0.29) is 23.2 Å². The maximum absolute atomic E-state index is 14.8. The molecular formula is C24H20FN3O4S2. The predicted molar refractivity (Wildman–Crippen MR) is 134 cm³/mol. The summed E-state index contributed by atoms with van der Waals surface area (Å²) in [5.74, 6) is 0.583. The molecule has 10 heteroatoms. The van der Waals surface area contributed by atoms with E-state index in [1.54, 1.807) is 30.5 Å². The number of ether oxygens (including phenoxy) is 3. The van der Waals surface area contributed by atoms with Crippen molar-refractivity contribution in [2.75, 3.05) is 19.5 Å². The van der Waals surface area contributed by atoms with Crippen LogP contribution in [0.25, 0.3) is 10.9 Å².